The minimum Gasteiger partial charge on any atom is -0.394 e. The molecule has 4 heterocycles. The van der Waals surface area contributed by atoms with Crippen molar-refractivity contribution in [2.24, 2.45) is 5.84 Å². The summed E-state index contributed by atoms with van der Waals surface area (Å²) in [7, 11) is 0. The molecule has 2 saturated heterocycles. The van der Waals surface area contributed by atoms with E-state index >= 15 is 0 Å². The van der Waals surface area contributed by atoms with E-state index in [1.165, 1.54) is 16.3 Å². The number of nitrogens with one attached hydrogen (secondary N) is 7. The number of nitrogens with two attached hydrogens (primary N) is 1. The predicted octanol–water partition coefficient (Wildman–Crippen LogP) is -6.89. The standard InChI is InChI=1S/C48H82N14O19/c1-28(65)54-31(12-14-35(66)52-22-29-24-61(59-57-29)18-20-78-47-43(74)41(72)39(70)33(26-63)80-47)45(76)50-16-8-4-2-3-6-10-37(68)55-32(46(77)51-17-9-5-7-11-38(69)56-49)13-15-36(67)53-23-30-25-62(60-58-30)19-21-79-48-44(75)42(73)40(71)34(27-64)81-48/h24-25,31-34,39-44,47-48,63-64,70-75H,2-23,26-27,49H2,1H3,(H,50,76)(H,51,77)(H,52,66)(H,53,67)(H,54,65)(H,55,68)(H,56,69)/t31?,32?,33-,34-,39-,40-,41+,42+,43+,44+,47+,48+/m1/s1. The Hall–Kier alpha value is -5.95. The number of carbonyl (C=O) groups excluding carboxylic acids is 7. The van der Waals surface area contributed by atoms with Crippen LogP contribution in [0.15, 0.2) is 12.4 Å². The summed E-state index contributed by atoms with van der Waals surface area (Å²) in [4.78, 5) is 88.2. The first kappa shape index (κ1) is 67.6. The molecule has 17 N–H and O–H groups in total. The summed E-state index contributed by atoms with van der Waals surface area (Å²) >= 11 is 0. The molecule has 0 aromatic carbocycles. The summed E-state index contributed by atoms with van der Waals surface area (Å²) < 4.78 is 24.4. The highest BCUT2D eigenvalue weighted by molar-refractivity contribution is 5.89. The van der Waals surface area contributed by atoms with Crippen molar-refractivity contribution in [2.75, 3.05) is 39.5 Å². The van der Waals surface area contributed by atoms with Gasteiger partial charge in [0.1, 0.15) is 72.3 Å². The Morgan fingerprint density at radius 3 is 1.42 bits per heavy atom. The van der Waals surface area contributed by atoms with Gasteiger partial charge in [-0.1, -0.05) is 36.1 Å². The Balaban J connectivity index is 1.11. The number of hydrogen-bond acceptors (Lipinski definition) is 24. The fraction of sp³-hybridized carbons (Fsp3) is 0.771. The molecule has 81 heavy (non-hydrogen) atoms. The van der Waals surface area contributed by atoms with E-state index in [0.29, 0.717) is 62.9 Å². The number of aliphatic hydroxyl groups is 8. The van der Waals surface area contributed by atoms with E-state index in [9.17, 15) is 74.4 Å². The van der Waals surface area contributed by atoms with Crippen LogP contribution >= 0.6 is 0 Å². The number of ether oxygens (including phenoxy) is 4. The topological polar surface area (TPSA) is 490 Å². The monoisotopic (exact) mass is 1160 g/mol. The van der Waals surface area contributed by atoms with Gasteiger partial charge in [-0.3, -0.25) is 39.0 Å². The van der Waals surface area contributed by atoms with E-state index in [-0.39, 0.29) is 96.3 Å². The van der Waals surface area contributed by atoms with E-state index in [1.54, 1.807) is 12.4 Å². The molecule has 2 aromatic heterocycles. The average Bonchev–Trinajstić information content (AvgIpc) is 4.16. The number of nitrogens with zero attached hydrogens (tertiary/aromatic N) is 6. The molecule has 7 amide bonds. The highest BCUT2D eigenvalue weighted by atomic mass is 16.7. The minimum atomic E-state index is -1.59. The molecule has 4 rings (SSSR count). The maximum Gasteiger partial charge on any atom is 0.242 e. The van der Waals surface area contributed by atoms with E-state index in [4.69, 9.17) is 24.8 Å². The van der Waals surface area contributed by atoms with Gasteiger partial charge in [0, 0.05) is 45.7 Å². The van der Waals surface area contributed by atoms with Crippen LogP contribution in [-0.4, -0.2) is 225 Å². The summed E-state index contributed by atoms with van der Waals surface area (Å²) in [6, 6.07) is -2.00. The number of amides is 7. The number of aromatic nitrogens is 6. The van der Waals surface area contributed by atoms with Crippen molar-refractivity contribution in [3.63, 3.8) is 0 Å². The van der Waals surface area contributed by atoms with E-state index in [1.807, 2.05) is 0 Å². The van der Waals surface area contributed by atoms with Gasteiger partial charge in [-0.25, -0.2) is 15.2 Å². The molecule has 2 aliphatic rings. The van der Waals surface area contributed by atoms with Crippen molar-refractivity contribution in [1.29, 1.82) is 0 Å². The van der Waals surface area contributed by atoms with Crippen LogP contribution in [0.3, 0.4) is 0 Å². The number of rotatable bonds is 38. The highest BCUT2D eigenvalue weighted by Crippen LogP contribution is 2.23. The van der Waals surface area contributed by atoms with Crippen LogP contribution in [0.2, 0.25) is 0 Å². The van der Waals surface area contributed by atoms with Crippen LogP contribution in [0.4, 0.5) is 0 Å². The molecule has 0 spiro atoms. The second-order valence-corrected chi connectivity index (χ2v) is 19.6. The van der Waals surface area contributed by atoms with Gasteiger partial charge >= 0.3 is 0 Å². The molecule has 33 heteroatoms. The van der Waals surface area contributed by atoms with Crippen LogP contribution in [0.1, 0.15) is 108 Å². The van der Waals surface area contributed by atoms with Gasteiger partial charge in [0.05, 0.1) is 65.0 Å². The zero-order valence-corrected chi connectivity index (χ0v) is 45.4. The summed E-state index contributed by atoms with van der Waals surface area (Å²) in [6.45, 7) is 0.809. The number of aliphatic hydroxyl groups excluding tert-OH is 8. The van der Waals surface area contributed by atoms with Gasteiger partial charge in [-0.05, 0) is 38.5 Å². The zero-order chi connectivity index (χ0) is 59.3. The lowest BCUT2D eigenvalue weighted by Crippen LogP contribution is -2.59. The van der Waals surface area contributed by atoms with Gasteiger partial charge in [0.15, 0.2) is 12.6 Å². The van der Waals surface area contributed by atoms with Crippen molar-refractivity contribution in [1.82, 2.24) is 67.3 Å². The Kier molecular flexibility index (Phi) is 30.4. The molecule has 0 saturated carbocycles. The Morgan fingerprint density at radius 1 is 0.556 bits per heavy atom. The Labute approximate surface area is 466 Å². The van der Waals surface area contributed by atoms with Crippen molar-refractivity contribution >= 4 is 41.4 Å². The lowest BCUT2D eigenvalue weighted by atomic mass is 9.99. The number of carbonyl (C=O) groups is 7. The fourth-order valence-electron chi connectivity index (χ4n) is 8.42. The third-order valence-corrected chi connectivity index (χ3v) is 13.1. The smallest absolute Gasteiger partial charge is 0.242 e. The zero-order valence-electron chi connectivity index (χ0n) is 45.4. The molecule has 2 aliphatic heterocycles. The molecular weight excluding hydrogens is 1080 g/mol. The maximum absolute atomic E-state index is 13.3. The molecule has 2 fully saturated rings. The molecular formula is C48H82N14O19. The highest BCUT2D eigenvalue weighted by Gasteiger charge is 2.45. The van der Waals surface area contributed by atoms with Crippen molar-refractivity contribution in [3.8, 4) is 0 Å². The number of hydrazine groups is 1. The van der Waals surface area contributed by atoms with Crippen molar-refractivity contribution in [2.45, 2.75) is 196 Å². The Bertz CT molecular complexity index is 2240. The second kappa shape index (κ2) is 36.5. The van der Waals surface area contributed by atoms with Gasteiger partial charge in [0.2, 0.25) is 41.4 Å². The van der Waals surface area contributed by atoms with Crippen LogP contribution in [0.5, 0.6) is 0 Å². The summed E-state index contributed by atoms with van der Waals surface area (Å²) in [5, 5.41) is 111. The predicted molar refractivity (Wildman–Crippen MR) is 276 cm³/mol. The third-order valence-electron chi connectivity index (χ3n) is 13.1. The first-order valence-electron chi connectivity index (χ1n) is 27.1. The molecule has 33 nitrogen and oxygen atoms in total. The summed E-state index contributed by atoms with van der Waals surface area (Å²) in [6.07, 6.45) is -6.03. The summed E-state index contributed by atoms with van der Waals surface area (Å²) in [5.74, 6) is 2.21. The molecule has 458 valence electrons. The van der Waals surface area contributed by atoms with Crippen molar-refractivity contribution < 1.29 is 93.4 Å². The van der Waals surface area contributed by atoms with Crippen LogP contribution in [0, 0.1) is 0 Å². The lowest BCUT2D eigenvalue weighted by molar-refractivity contribution is -0.301. The van der Waals surface area contributed by atoms with Crippen molar-refractivity contribution in [3.05, 3.63) is 23.8 Å². The molecule has 0 bridgehead atoms. The third kappa shape index (κ3) is 24.2. The van der Waals surface area contributed by atoms with Gasteiger partial charge < -0.3 is 91.7 Å². The summed E-state index contributed by atoms with van der Waals surface area (Å²) in [5.41, 5.74) is 2.85. The average molecular weight is 1160 g/mol. The SMILES string of the molecule is CC(=O)NC(CCC(=O)NCc1cn(CCO[C@H]2O[C@H](CO)[C@@H](O)[C@H](O)[C@@H]2O)nn1)C(=O)NCCCCCCCC(=O)NC(CCC(=O)NCc1cn(CCO[C@H]2O[C@H](CO)[C@@H](O)[C@H](O)[C@@H]2O)nn1)C(=O)NCCCCCC(=O)NN. The minimum absolute atomic E-state index is 0.00872. The molecule has 0 aliphatic carbocycles. The van der Waals surface area contributed by atoms with Crippen LogP contribution in [0.25, 0.3) is 0 Å². The first-order chi connectivity index (χ1) is 38.8. The fourth-order valence-corrected chi connectivity index (χ4v) is 8.42. The maximum atomic E-state index is 13.3. The molecule has 0 radical (unpaired) electrons. The molecule has 2 unspecified atom stereocenters. The van der Waals surface area contributed by atoms with Gasteiger partial charge in [-0.15, -0.1) is 10.2 Å². The Morgan fingerprint density at radius 2 is 0.975 bits per heavy atom. The van der Waals surface area contributed by atoms with E-state index in [2.05, 4.69) is 58.0 Å². The van der Waals surface area contributed by atoms with E-state index in [0.717, 1.165) is 6.42 Å². The lowest BCUT2D eigenvalue weighted by Gasteiger charge is -2.39. The van der Waals surface area contributed by atoms with E-state index < -0.39 is 116 Å². The normalized spacial score (nSPS) is 23.4. The second-order valence-electron chi connectivity index (χ2n) is 19.6. The largest absolute Gasteiger partial charge is 0.394 e. The number of hydrogen-bond donors (Lipinski definition) is 16. The first-order valence-corrected chi connectivity index (χ1v) is 27.1. The molecule has 12 atom stereocenters. The quantitative estimate of drug-likeness (QED) is 0.0129. The number of unbranched alkanes of at least 4 members (excludes halogenated alkanes) is 6. The van der Waals surface area contributed by atoms with Gasteiger partial charge in [0.25, 0.3) is 0 Å². The van der Waals surface area contributed by atoms with Crippen LogP contribution in [-0.2, 0) is 78.7 Å². The van der Waals surface area contributed by atoms with Crippen LogP contribution < -0.4 is 43.2 Å². The molecule has 2 aromatic rings. The van der Waals surface area contributed by atoms with Gasteiger partial charge in [-0.2, -0.15) is 0 Å².